The van der Waals surface area contributed by atoms with Gasteiger partial charge in [0.05, 0.1) is 30.7 Å². The molecule has 166 valence electrons. The summed E-state index contributed by atoms with van der Waals surface area (Å²) in [6.07, 6.45) is 3.35. The van der Waals surface area contributed by atoms with E-state index >= 15 is 0 Å². The minimum absolute atomic E-state index is 0.0746. The quantitative estimate of drug-likeness (QED) is 0.442. The molecule has 3 heterocycles. The number of hydrogen-bond donors (Lipinski definition) is 0. The van der Waals surface area contributed by atoms with Gasteiger partial charge >= 0.3 is 0 Å². The zero-order valence-corrected chi connectivity index (χ0v) is 18.3. The van der Waals surface area contributed by atoms with Gasteiger partial charge in [0.1, 0.15) is 5.58 Å². The lowest BCUT2D eigenvalue weighted by atomic mass is 9.98. The monoisotopic (exact) mass is 442 g/mol. The highest BCUT2D eigenvalue weighted by molar-refractivity contribution is 5.99. The fourth-order valence-corrected chi connectivity index (χ4v) is 4.29. The van der Waals surface area contributed by atoms with Crippen LogP contribution in [0.1, 0.15) is 40.2 Å². The second-order valence-corrected chi connectivity index (χ2v) is 7.70. The first-order valence-electron chi connectivity index (χ1n) is 10.7. The predicted molar refractivity (Wildman–Crippen MR) is 123 cm³/mol. The average Bonchev–Trinajstić information content (AvgIpc) is 3.12. The van der Waals surface area contributed by atoms with Gasteiger partial charge in [-0.15, -0.1) is 0 Å². The predicted octanol–water partition coefficient (Wildman–Crippen LogP) is 4.34. The summed E-state index contributed by atoms with van der Waals surface area (Å²) in [5.74, 6) is 0.872. The molecule has 7 heteroatoms. The maximum Gasteiger partial charge on any atom is 0.291 e. The molecule has 0 spiro atoms. The molecule has 4 aromatic rings. The van der Waals surface area contributed by atoms with E-state index in [9.17, 15) is 9.59 Å². The summed E-state index contributed by atoms with van der Waals surface area (Å²) < 4.78 is 17.2. The molecule has 1 amide bonds. The van der Waals surface area contributed by atoms with E-state index in [1.807, 2.05) is 31.2 Å². The summed E-state index contributed by atoms with van der Waals surface area (Å²) in [5, 5.41) is 0.442. The van der Waals surface area contributed by atoms with Crippen LogP contribution in [0, 0.1) is 0 Å². The third-order valence-electron chi connectivity index (χ3n) is 5.78. The first-order valence-corrected chi connectivity index (χ1v) is 10.7. The summed E-state index contributed by atoms with van der Waals surface area (Å²) in [6, 6.07) is 15.5. The molecule has 0 saturated heterocycles. The lowest BCUT2D eigenvalue weighted by molar-refractivity contribution is 0.0714. The van der Waals surface area contributed by atoms with Crippen LogP contribution in [0.4, 0.5) is 0 Å². The van der Waals surface area contributed by atoms with E-state index in [2.05, 4.69) is 4.98 Å². The van der Waals surface area contributed by atoms with Gasteiger partial charge in [0.25, 0.3) is 5.91 Å². The number of nitrogens with zero attached hydrogens (tertiary/aromatic N) is 2. The Labute approximate surface area is 190 Å². The molecule has 0 radical (unpaired) electrons. The molecular weight excluding hydrogens is 420 g/mol. The second kappa shape index (κ2) is 8.43. The highest BCUT2D eigenvalue weighted by Crippen LogP contribution is 2.41. The van der Waals surface area contributed by atoms with Gasteiger partial charge in [-0.2, -0.15) is 0 Å². The van der Waals surface area contributed by atoms with Crippen molar-refractivity contribution in [3.05, 3.63) is 99.7 Å². The number of methoxy groups -OCH3 is 1. The Bertz CT molecular complexity index is 1400. The third-order valence-corrected chi connectivity index (χ3v) is 5.78. The van der Waals surface area contributed by atoms with Gasteiger partial charge in [-0.3, -0.25) is 14.6 Å². The van der Waals surface area contributed by atoms with Crippen LogP contribution in [-0.4, -0.2) is 29.5 Å². The Morgan fingerprint density at radius 3 is 2.58 bits per heavy atom. The molecule has 0 saturated carbocycles. The van der Waals surface area contributed by atoms with Crippen LogP contribution in [0.3, 0.4) is 0 Å². The summed E-state index contributed by atoms with van der Waals surface area (Å²) in [5.41, 5.74) is 2.14. The molecular formula is C26H22N2O5. The van der Waals surface area contributed by atoms with Crippen molar-refractivity contribution in [1.82, 2.24) is 9.88 Å². The molecule has 0 bridgehead atoms. The number of carbonyl (C=O) groups is 1. The largest absolute Gasteiger partial charge is 0.493 e. The van der Waals surface area contributed by atoms with Crippen molar-refractivity contribution >= 4 is 16.9 Å². The van der Waals surface area contributed by atoms with E-state index in [0.29, 0.717) is 41.2 Å². The fourth-order valence-electron chi connectivity index (χ4n) is 4.29. The average molecular weight is 442 g/mol. The molecule has 5 rings (SSSR count). The topological polar surface area (TPSA) is 81.9 Å². The van der Waals surface area contributed by atoms with E-state index in [1.165, 1.54) is 0 Å². The maximum absolute atomic E-state index is 13.6. The molecule has 0 fully saturated rings. The Kier molecular flexibility index (Phi) is 5.30. The summed E-state index contributed by atoms with van der Waals surface area (Å²) in [4.78, 5) is 32.8. The highest BCUT2D eigenvalue weighted by Gasteiger charge is 2.43. The molecule has 2 aromatic carbocycles. The summed E-state index contributed by atoms with van der Waals surface area (Å²) >= 11 is 0. The number of amides is 1. The normalized spacial score (nSPS) is 15.0. The number of rotatable bonds is 6. The van der Waals surface area contributed by atoms with Gasteiger partial charge in [0.2, 0.25) is 5.76 Å². The van der Waals surface area contributed by atoms with Gasteiger partial charge in [-0.1, -0.05) is 18.2 Å². The number of benzene rings is 2. The number of ether oxygens (including phenoxy) is 2. The number of pyridine rings is 1. The lowest BCUT2D eigenvalue weighted by Crippen LogP contribution is -2.29. The van der Waals surface area contributed by atoms with E-state index in [-0.39, 0.29) is 17.1 Å². The van der Waals surface area contributed by atoms with Crippen molar-refractivity contribution in [2.24, 2.45) is 0 Å². The number of carbonyl (C=O) groups excluding carboxylic acids is 1. The molecule has 0 aliphatic carbocycles. The molecule has 0 unspecified atom stereocenters. The Morgan fingerprint density at radius 2 is 1.82 bits per heavy atom. The van der Waals surface area contributed by atoms with Crippen LogP contribution < -0.4 is 14.9 Å². The highest BCUT2D eigenvalue weighted by atomic mass is 16.5. The number of hydrogen-bond acceptors (Lipinski definition) is 6. The van der Waals surface area contributed by atoms with E-state index in [1.54, 1.807) is 54.7 Å². The number of aromatic nitrogens is 1. The van der Waals surface area contributed by atoms with Gasteiger partial charge in [-0.05, 0) is 54.4 Å². The standard InChI is InChI=1S/C26H22N2O5/c1-3-32-20-9-8-17(14-21(20)31-2)23-22-24(29)18-6-4-5-7-19(18)33-25(22)26(30)28(23)15-16-10-12-27-13-11-16/h4-14,23H,3,15H2,1-2H3/t23-/m0/s1. The van der Waals surface area contributed by atoms with Crippen molar-refractivity contribution in [1.29, 1.82) is 0 Å². The van der Waals surface area contributed by atoms with Crippen molar-refractivity contribution in [2.75, 3.05) is 13.7 Å². The Hall–Kier alpha value is -4.13. The first-order chi connectivity index (χ1) is 16.1. The third kappa shape index (κ3) is 3.51. The Morgan fingerprint density at radius 1 is 1.03 bits per heavy atom. The smallest absolute Gasteiger partial charge is 0.291 e. The SMILES string of the molecule is CCOc1ccc([C@H]2c3c(oc4ccccc4c3=O)C(=O)N2Cc2ccncc2)cc1OC. The second-order valence-electron chi connectivity index (χ2n) is 7.70. The summed E-state index contributed by atoms with van der Waals surface area (Å²) in [6.45, 7) is 2.68. The zero-order valence-electron chi connectivity index (χ0n) is 18.3. The molecule has 2 aromatic heterocycles. The Balaban J connectivity index is 1.71. The van der Waals surface area contributed by atoms with Crippen LogP contribution in [0.15, 0.2) is 76.2 Å². The van der Waals surface area contributed by atoms with Gasteiger partial charge in [0, 0.05) is 18.9 Å². The molecule has 33 heavy (non-hydrogen) atoms. The zero-order chi connectivity index (χ0) is 22.9. The molecule has 0 N–H and O–H groups in total. The van der Waals surface area contributed by atoms with E-state index in [4.69, 9.17) is 13.9 Å². The van der Waals surface area contributed by atoms with Crippen LogP contribution in [0.25, 0.3) is 11.0 Å². The van der Waals surface area contributed by atoms with Gasteiger partial charge in [-0.25, -0.2) is 0 Å². The molecule has 1 aliphatic rings. The van der Waals surface area contributed by atoms with E-state index in [0.717, 1.165) is 11.1 Å². The van der Waals surface area contributed by atoms with Crippen molar-refractivity contribution < 1.29 is 18.7 Å². The minimum atomic E-state index is -0.633. The van der Waals surface area contributed by atoms with Gasteiger partial charge in [0.15, 0.2) is 16.9 Å². The lowest BCUT2D eigenvalue weighted by Gasteiger charge is -2.26. The van der Waals surface area contributed by atoms with Crippen LogP contribution >= 0.6 is 0 Å². The van der Waals surface area contributed by atoms with E-state index < -0.39 is 6.04 Å². The fraction of sp³-hybridized carbons (Fsp3) is 0.192. The molecule has 1 aliphatic heterocycles. The van der Waals surface area contributed by atoms with Crippen molar-refractivity contribution in [2.45, 2.75) is 19.5 Å². The summed E-state index contributed by atoms with van der Waals surface area (Å²) in [7, 11) is 1.56. The molecule has 1 atom stereocenters. The number of fused-ring (bicyclic) bond motifs is 2. The maximum atomic E-state index is 13.6. The van der Waals surface area contributed by atoms with Crippen LogP contribution in [-0.2, 0) is 6.54 Å². The first kappa shape index (κ1) is 20.8. The van der Waals surface area contributed by atoms with Crippen molar-refractivity contribution in [3.8, 4) is 11.5 Å². The van der Waals surface area contributed by atoms with Gasteiger partial charge < -0.3 is 18.8 Å². The number of para-hydroxylation sites is 1. The van der Waals surface area contributed by atoms with Crippen molar-refractivity contribution in [3.63, 3.8) is 0 Å². The molecule has 7 nitrogen and oxygen atoms in total. The van der Waals surface area contributed by atoms with Crippen LogP contribution in [0.2, 0.25) is 0 Å². The minimum Gasteiger partial charge on any atom is -0.493 e. The van der Waals surface area contributed by atoms with Crippen LogP contribution in [0.5, 0.6) is 11.5 Å².